The fraction of sp³-hybridized carbons (Fsp3) is 0.571. The van der Waals surface area contributed by atoms with Gasteiger partial charge in [-0.25, -0.2) is 14.4 Å². The van der Waals surface area contributed by atoms with Crippen LogP contribution in [0.25, 0.3) is 0 Å². The summed E-state index contributed by atoms with van der Waals surface area (Å²) < 4.78 is 10.4. The molecule has 0 fully saturated rings. The number of ether oxygens (including phenoxy) is 2. The fourth-order valence-electron chi connectivity index (χ4n) is 2.33. The van der Waals surface area contributed by atoms with Crippen LogP contribution in [0.4, 0.5) is 14.4 Å². The van der Waals surface area contributed by atoms with E-state index < -0.39 is 17.8 Å². The van der Waals surface area contributed by atoms with E-state index in [1.165, 1.54) is 0 Å². The van der Waals surface area contributed by atoms with Crippen LogP contribution in [0.3, 0.4) is 0 Å². The number of carboxylic acid groups (broad SMARTS) is 2. The maximum absolute atomic E-state index is 11.8. The zero-order valence-corrected chi connectivity index (χ0v) is 18.1. The molecule has 9 nitrogen and oxygen atoms in total. The molecule has 0 bridgehead atoms. The number of unbranched alkanes of at least 4 members (excludes halogenated alkanes) is 1. The van der Waals surface area contributed by atoms with Crippen LogP contribution in [0.2, 0.25) is 0 Å². The van der Waals surface area contributed by atoms with Crippen LogP contribution in [0, 0.1) is 0 Å². The second kappa shape index (κ2) is 14.9. The molecule has 4 N–H and O–H groups in total. The van der Waals surface area contributed by atoms with E-state index in [0.717, 1.165) is 31.2 Å². The lowest BCUT2D eigenvalue weighted by Crippen LogP contribution is -2.38. The summed E-state index contributed by atoms with van der Waals surface area (Å²) in [7, 11) is 0. The van der Waals surface area contributed by atoms with E-state index in [1.807, 2.05) is 58.0 Å². The summed E-state index contributed by atoms with van der Waals surface area (Å²) in [5, 5.41) is 19.6. The molecule has 0 aliphatic rings. The highest BCUT2D eigenvalue weighted by Crippen LogP contribution is 2.09. The van der Waals surface area contributed by atoms with Crippen molar-refractivity contribution in [1.82, 2.24) is 10.6 Å². The molecule has 1 aromatic carbocycles. The lowest BCUT2D eigenvalue weighted by atomic mass is 10.1. The van der Waals surface area contributed by atoms with Gasteiger partial charge < -0.3 is 30.3 Å². The molecule has 9 heteroatoms. The Kier molecular flexibility index (Phi) is 13.5. The average molecular weight is 427 g/mol. The molecule has 1 rings (SSSR count). The van der Waals surface area contributed by atoms with Gasteiger partial charge in [0, 0.05) is 12.6 Å². The van der Waals surface area contributed by atoms with Gasteiger partial charge in [0.05, 0.1) is 0 Å². The molecule has 0 radical (unpaired) electrons. The smallest absolute Gasteiger partial charge is 0.450 e. The summed E-state index contributed by atoms with van der Waals surface area (Å²) in [5.74, 6) is 0. The van der Waals surface area contributed by atoms with Crippen molar-refractivity contribution in [3.05, 3.63) is 35.9 Å². The standard InChI is InChI=1S/C20H32N2O4.CH2O3/c1-5-17(22-19(24)26-20(2,3)4)13-9-10-14-21-18(23)25-15-16-11-7-6-8-12-16;2-1(3)4/h6-8,11-12,17H,5,9-10,13-15H2,1-4H3,(H,21,23)(H,22,24);(H2,2,3,4)/t17-;/m0./s1. The van der Waals surface area contributed by atoms with Gasteiger partial charge >= 0.3 is 18.3 Å². The Morgan fingerprint density at radius 3 is 2.17 bits per heavy atom. The van der Waals surface area contributed by atoms with Gasteiger partial charge in [0.25, 0.3) is 0 Å². The second-order valence-electron chi connectivity index (χ2n) is 7.52. The second-order valence-corrected chi connectivity index (χ2v) is 7.52. The molecule has 1 atom stereocenters. The quantitative estimate of drug-likeness (QED) is 0.424. The van der Waals surface area contributed by atoms with Gasteiger partial charge in [0.1, 0.15) is 12.2 Å². The SMILES string of the molecule is CC[C@@H](CCCCNC(=O)OCc1ccccc1)NC(=O)OC(C)(C)C.O=C(O)O. The highest BCUT2D eigenvalue weighted by molar-refractivity contribution is 5.68. The van der Waals surface area contributed by atoms with Crippen LogP contribution < -0.4 is 10.6 Å². The summed E-state index contributed by atoms with van der Waals surface area (Å²) in [4.78, 5) is 32.0. The number of rotatable bonds is 9. The van der Waals surface area contributed by atoms with Crippen LogP contribution in [0.5, 0.6) is 0 Å². The molecule has 0 aromatic heterocycles. The van der Waals surface area contributed by atoms with Gasteiger partial charge in [-0.2, -0.15) is 0 Å². The number of hydrogen-bond donors (Lipinski definition) is 4. The van der Waals surface area contributed by atoms with Crippen molar-refractivity contribution in [2.45, 2.75) is 71.6 Å². The third-order valence-electron chi connectivity index (χ3n) is 3.68. The fourth-order valence-corrected chi connectivity index (χ4v) is 2.33. The molecular weight excluding hydrogens is 392 g/mol. The highest BCUT2D eigenvalue weighted by Gasteiger charge is 2.18. The molecule has 0 unspecified atom stereocenters. The van der Waals surface area contributed by atoms with Crippen molar-refractivity contribution in [3.8, 4) is 0 Å². The Hall–Kier alpha value is -2.97. The van der Waals surface area contributed by atoms with Crippen molar-refractivity contribution >= 4 is 18.3 Å². The Balaban J connectivity index is 0.00000192. The number of carbonyl (C=O) groups is 3. The van der Waals surface area contributed by atoms with Gasteiger partial charge in [-0.1, -0.05) is 37.3 Å². The van der Waals surface area contributed by atoms with Crippen molar-refractivity contribution < 1.29 is 34.1 Å². The zero-order valence-electron chi connectivity index (χ0n) is 18.1. The first-order chi connectivity index (χ1) is 14.0. The van der Waals surface area contributed by atoms with Crippen molar-refractivity contribution in [2.75, 3.05) is 6.54 Å². The number of hydrogen-bond acceptors (Lipinski definition) is 5. The molecule has 1 aromatic rings. The summed E-state index contributed by atoms with van der Waals surface area (Å²) >= 11 is 0. The first-order valence-corrected chi connectivity index (χ1v) is 9.89. The predicted octanol–water partition coefficient (Wildman–Crippen LogP) is 4.61. The summed E-state index contributed by atoms with van der Waals surface area (Å²) in [6.07, 6.45) is 0.780. The van der Waals surface area contributed by atoms with E-state index in [1.54, 1.807) is 0 Å². The number of nitrogens with one attached hydrogen (secondary N) is 2. The highest BCUT2D eigenvalue weighted by atomic mass is 16.6. The van der Waals surface area contributed by atoms with Crippen molar-refractivity contribution in [3.63, 3.8) is 0 Å². The van der Waals surface area contributed by atoms with E-state index in [2.05, 4.69) is 10.6 Å². The van der Waals surface area contributed by atoms with Gasteiger partial charge in [-0.3, -0.25) is 0 Å². The molecule has 30 heavy (non-hydrogen) atoms. The zero-order chi connectivity index (χ0) is 23.0. The molecule has 0 spiro atoms. The molecular formula is C21H34N2O7. The third kappa shape index (κ3) is 17.2. The summed E-state index contributed by atoms with van der Waals surface area (Å²) in [6, 6.07) is 9.64. The van der Waals surface area contributed by atoms with Gasteiger partial charge in [-0.05, 0) is 52.0 Å². The lowest BCUT2D eigenvalue weighted by molar-refractivity contribution is 0.0499. The first-order valence-electron chi connectivity index (χ1n) is 9.89. The normalized spacial score (nSPS) is 11.3. The minimum atomic E-state index is -1.83. The molecule has 0 saturated carbocycles. The Labute approximate surface area is 177 Å². The van der Waals surface area contributed by atoms with Crippen molar-refractivity contribution in [2.24, 2.45) is 0 Å². The molecule has 0 aliphatic heterocycles. The van der Waals surface area contributed by atoms with Crippen LogP contribution in [-0.4, -0.2) is 46.7 Å². The Morgan fingerprint density at radius 2 is 1.63 bits per heavy atom. The third-order valence-corrected chi connectivity index (χ3v) is 3.68. The van der Waals surface area contributed by atoms with Gasteiger partial charge in [0.2, 0.25) is 0 Å². The van der Waals surface area contributed by atoms with Crippen LogP contribution >= 0.6 is 0 Å². The monoisotopic (exact) mass is 426 g/mol. The minimum absolute atomic E-state index is 0.0786. The maximum atomic E-state index is 11.8. The Morgan fingerprint density at radius 1 is 1.03 bits per heavy atom. The predicted molar refractivity (Wildman–Crippen MR) is 113 cm³/mol. The van der Waals surface area contributed by atoms with E-state index in [-0.39, 0.29) is 18.7 Å². The first kappa shape index (κ1) is 27.0. The lowest BCUT2D eigenvalue weighted by Gasteiger charge is -2.23. The molecule has 170 valence electrons. The van der Waals surface area contributed by atoms with Gasteiger partial charge in [0.15, 0.2) is 0 Å². The topological polar surface area (TPSA) is 134 Å². The van der Waals surface area contributed by atoms with E-state index in [4.69, 9.17) is 24.5 Å². The molecule has 0 aliphatic carbocycles. The van der Waals surface area contributed by atoms with Crippen LogP contribution in [-0.2, 0) is 16.1 Å². The molecule has 0 heterocycles. The molecule has 0 saturated heterocycles. The van der Waals surface area contributed by atoms with Crippen LogP contribution in [0.15, 0.2) is 30.3 Å². The number of alkyl carbamates (subject to hydrolysis) is 2. The minimum Gasteiger partial charge on any atom is -0.450 e. The van der Waals surface area contributed by atoms with E-state index >= 15 is 0 Å². The maximum Gasteiger partial charge on any atom is 0.503 e. The number of amides is 2. The average Bonchev–Trinajstić information content (AvgIpc) is 2.64. The Bertz CT molecular complexity index is 626. The summed E-state index contributed by atoms with van der Waals surface area (Å²) in [5.41, 5.74) is 0.466. The largest absolute Gasteiger partial charge is 0.503 e. The van der Waals surface area contributed by atoms with E-state index in [0.29, 0.717) is 6.54 Å². The molecule has 2 amide bonds. The number of benzene rings is 1. The number of carbonyl (C=O) groups excluding carboxylic acids is 2. The van der Waals surface area contributed by atoms with Gasteiger partial charge in [-0.15, -0.1) is 0 Å². The van der Waals surface area contributed by atoms with E-state index in [9.17, 15) is 9.59 Å². The summed E-state index contributed by atoms with van der Waals surface area (Å²) in [6.45, 7) is 8.38. The van der Waals surface area contributed by atoms with Crippen LogP contribution in [0.1, 0.15) is 58.9 Å². The van der Waals surface area contributed by atoms with Crippen molar-refractivity contribution in [1.29, 1.82) is 0 Å².